The van der Waals surface area contributed by atoms with Crippen molar-refractivity contribution in [2.45, 2.75) is 81.5 Å². The van der Waals surface area contributed by atoms with Gasteiger partial charge in [0, 0.05) is 0 Å². The Balaban J connectivity index is 2.03. The van der Waals surface area contributed by atoms with Gasteiger partial charge in [0.05, 0.1) is 26.4 Å². The molecule has 7 nitrogen and oxygen atoms in total. The Labute approximate surface area is 199 Å². The molecule has 36 heavy (non-hydrogen) atoms. The summed E-state index contributed by atoms with van der Waals surface area (Å²) in [5, 5.41) is 0. The van der Waals surface area contributed by atoms with Crippen molar-refractivity contribution in [1.29, 1.82) is 0 Å². The van der Waals surface area contributed by atoms with E-state index in [0.717, 1.165) is 0 Å². The van der Waals surface area contributed by atoms with Gasteiger partial charge >= 0.3 is 24.4 Å². The number of alkyl halides is 10. The minimum atomic E-state index is -6.25. The first kappa shape index (κ1) is 31.2. The van der Waals surface area contributed by atoms with Crippen molar-refractivity contribution in [1.82, 2.24) is 0 Å². The summed E-state index contributed by atoms with van der Waals surface area (Å²) in [6.07, 6.45) is -17.5. The molecule has 2 heterocycles. The fraction of sp³-hybridized carbons (Fsp3) is 1.00. The second-order valence-corrected chi connectivity index (χ2v) is 9.16. The van der Waals surface area contributed by atoms with Crippen LogP contribution in [0.3, 0.4) is 0 Å². The fourth-order valence-corrected chi connectivity index (χ4v) is 2.55. The van der Waals surface area contributed by atoms with E-state index in [0.29, 0.717) is 13.8 Å². The molecule has 0 spiro atoms. The zero-order chi connectivity index (χ0) is 27.8. The van der Waals surface area contributed by atoms with Crippen molar-refractivity contribution in [3.8, 4) is 0 Å². The molecule has 2 aliphatic heterocycles. The summed E-state index contributed by atoms with van der Waals surface area (Å²) >= 11 is 0. The molecule has 0 saturated carbocycles. The average molecular weight is 556 g/mol. The Morgan fingerprint density at radius 1 is 0.639 bits per heavy atom. The highest BCUT2D eigenvalue weighted by molar-refractivity contribution is 4.95. The second-order valence-electron chi connectivity index (χ2n) is 9.16. The lowest BCUT2D eigenvalue weighted by Gasteiger charge is -2.41. The molecule has 214 valence electrons. The molecule has 0 bridgehead atoms. The first-order valence-electron chi connectivity index (χ1n) is 10.4. The molecule has 2 unspecified atom stereocenters. The summed E-state index contributed by atoms with van der Waals surface area (Å²) in [5.41, 5.74) is -7.12. The van der Waals surface area contributed by atoms with E-state index >= 15 is 0 Å². The fourth-order valence-electron chi connectivity index (χ4n) is 2.55. The zero-order valence-electron chi connectivity index (χ0n) is 19.5. The standard InChI is InChI=1S/C19H26F10O7/c1-13(2,15(20,21)9-30-5-11-7-32-11)35-19(28,29)36-18(26,27)17(24,25)14(3,4)34-16(22,23)10-31-6-12-8-33-12/h11-12H,5-10H2,1-4H3. The Kier molecular flexibility index (Phi) is 8.93. The summed E-state index contributed by atoms with van der Waals surface area (Å²) in [5.74, 6) is -10.1. The van der Waals surface area contributed by atoms with Gasteiger partial charge in [0.2, 0.25) is 0 Å². The lowest BCUT2D eigenvalue weighted by atomic mass is 9.99. The molecule has 2 atom stereocenters. The molecule has 2 saturated heterocycles. The lowest BCUT2D eigenvalue weighted by molar-refractivity contribution is -0.530. The van der Waals surface area contributed by atoms with E-state index in [4.69, 9.17) is 4.74 Å². The third-order valence-electron chi connectivity index (χ3n) is 4.99. The molecule has 0 aliphatic carbocycles. The zero-order valence-corrected chi connectivity index (χ0v) is 19.5. The van der Waals surface area contributed by atoms with Crippen LogP contribution in [0.25, 0.3) is 0 Å². The lowest BCUT2D eigenvalue weighted by Crippen LogP contribution is -2.62. The Hall–Kier alpha value is -0.980. The first-order chi connectivity index (χ1) is 16.0. The summed E-state index contributed by atoms with van der Waals surface area (Å²) in [6, 6.07) is 0. The normalized spacial score (nSPS) is 22.2. The predicted octanol–water partition coefficient (Wildman–Crippen LogP) is 4.43. The third kappa shape index (κ3) is 8.26. The predicted molar refractivity (Wildman–Crippen MR) is 97.3 cm³/mol. The molecule has 2 aliphatic rings. The van der Waals surface area contributed by atoms with E-state index in [2.05, 4.69) is 28.4 Å². The van der Waals surface area contributed by atoms with E-state index in [1.165, 1.54) is 0 Å². The highest BCUT2D eigenvalue weighted by Gasteiger charge is 2.72. The van der Waals surface area contributed by atoms with Gasteiger partial charge in [-0.1, -0.05) is 0 Å². The smallest absolute Gasteiger partial charge is 0.372 e. The van der Waals surface area contributed by atoms with Crippen molar-refractivity contribution in [3.05, 3.63) is 0 Å². The highest BCUT2D eigenvalue weighted by atomic mass is 19.3. The number of rotatable bonds is 17. The molecule has 0 aromatic heterocycles. The van der Waals surface area contributed by atoms with Gasteiger partial charge in [-0.25, -0.2) is 13.5 Å². The SMILES string of the molecule is CC(C)(OC(F)(F)OC(F)(F)C(F)(F)C(C)(C)OC(F)(F)COCC1CO1)C(F)(F)COCC1CO1. The van der Waals surface area contributed by atoms with Gasteiger partial charge < -0.3 is 23.7 Å². The van der Waals surface area contributed by atoms with Gasteiger partial charge in [-0.2, -0.15) is 26.3 Å². The number of halogens is 10. The molecule has 2 rings (SSSR count). The molecular formula is C19H26F10O7. The van der Waals surface area contributed by atoms with Crippen LogP contribution in [0.5, 0.6) is 0 Å². The maximum atomic E-state index is 14.5. The third-order valence-corrected chi connectivity index (χ3v) is 4.99. The van der Waals surface area contributed by atoms with Gasteiger partial charge in [-0.3, -0.25) is 4.74 Å². The minimum absolute atomic E-state index is 0.0557. The average Bonchev–Trinajstić information content (AvgIpc) is 3.53. The maximum absolute atomic E-state index is 14.5. The largest absolute Gasteiger partial charge is 0.491 e. The van der Waals surface area contributed by atoms with Gasteiger partial charge in [-0.15, -0.1) is 8.78 Å². The van der Waals surface area contributed by atoms with Crippen LogP contribution in [0.1, 0.15) is 27.7 Å². The number of ether oxygens (including phenoxy) is 7. The van der Waals surface area contributed by atoms with Crippen molar-refractivity contribution in [2.24, 2.45) is 0 Å². The molecule has 0 amide bonds. The van der Waals surface area contributed by atoms with Crippen LogP contribution in [0.15, 0.2) is 0 Å². The molecule has 0 N–H and O–H groups in total. The maximum Gasteiger partial charge on any atom is 0.491 e. The van der Waals surface area contributed by atoms with Crippen LogP contribution in [0, 0.1) is 0 Å². The summed E-state index contributed by atoms with van der Waals surface area (Å²) in [4.78, 5) is 0. The molecule has 17 heteroatoms. The van der Waals surface area contributed by atoms with Gasteiger partial charge in [0.25, 0.3) is 5.92 Å². The van der Waals surface area contributed by atoms with Crippen molar-refractivity contribution in [2.75, 3.05) is 39.6 Å². The van der Waals surface area contributed by atoms with E-state index in [1.807, 2.05) is 0 Å². The van der Waals surface area contributed by atoms with Crippen molar-refractivity contribution < 1.29 is 77.1 Å². The van der Waals surface area contributed by atoms with Crippen LogP contribution < -0.4 is 0 Å². The van der Waals surface area contributed by atoms with Gasteiger partial charge in [0.1, 0.15) is 36.6 Å². The van der Waals surface area contributed by atoms with Crippen molar-refractivity contribution >= 4 is 0 Å². The molecule has 0 aromatic carbocycles. The topological polar surface area (TPSA) is 71.2 Å². The number of hydrogen-bond acceptors (Lipinski definition) is 7. The molecular weight excluding hydrogens is 530 g/mol. The van der Waals surface area contributed by atoms with Crippen LogP contribution in [-0.2, 0) is 33.2 Å². The molecule has 0 aromatic rings. The second kappa shape index (κ2) is 10.3. The van der Waals surface area contributed by atoms with E-state index < -0.39 is 67.0 Å². The van der Waals surface area contributed by atoms with Crippen LogP contribution in [0.4, 0.5) is 43.9 Å². The Morgan fingerprint density at radius 3 is 1.53 bits per heavy atom. The van der Waals surface area contributed by atoms with E-state index in [1.54, 1.807) is 0 Å². The Morgan fingerprint density at radius 2 is 1.08 bits per heavy atom. The van der Waals surface area contributed by atoms with Crippen LogP contribution in [0.2, 0.25) is 0 Å². The van der Waals surface area contributed by atoms with Crippen LogP contribution in [-0.4, -0.2) is 93.4 Å². The summed E-state index contributed by atoms with van der Waals surface area (Å²) in [7, 11) is 0. The monoisotopic (exact) mass is 556 g/mol. The molecule has 0 radical (unpaired) electrons. The van der Waals surface area contributed by atoms with Gasteiger partial charge in [-0.05, 0) is 27.7 Å². The summed E-state index contributed by atoms with van der Waals surface area (Å²) < 4.78 is 170. The molecule has 2 fully saturated rings. The Bertz CT molecular complexity index is 740. The quantitative estimate of drug-likeness (QED) is 0.149. The first-order valence-corrected chi connectivity index (χ1v) is 10.4. The van der Waals surface area contributed by atoms with E-state index in [-0.39, 0.29) is 40.3 Å². The van der Waals surface area contributed by atoms with E-state index in [9.17, 15) is 43.9 Å². The highest BCUT2D eigenvalue weighted by Crippen LogP contribution is 2.50. The number of epoxide rings is 2. The number of hydrogen-bond donors (Lipinski definition) is 0. The van der Waals surface area contributed by atoms with Gasteiger partial charge in [0.15, 0.2) is 0 Å². The summed E-state index contributed by atoms with van der Waals surface area (Å²) in [6.45, 7) is -2.59. The minimum Gasteiger partial charge on any atom is -0.372 e. The van der Waals surface area contributed by atoms with Crippen LogP contribution >= 0.6 is 0 Å². The van der Waals surface area contributed by atoms with Crippen molar-refractivity contribution in [3.63, 3.8) is 0 Å².